The zero-order valence-corrected chi connectivity index (χ0v) is 11.5. The van der Waals surface area contributed by atoms with Crippen molar-refractivity contribution in [3.8, 4) is 0 Å². The van der Waals surface area contributed by atoms with Gasteiger partial charge in [-0.1, -0.05) is 13.3 Å². The molecule has 1 heterocycles. The second-order valence-corrected chi connectivity index (χ2v) is 6.07. The molecule has 0 saturated carbocycles. The molecular formula is C13H25NO3. The minimum Gasteiger partial charge on any atom is -0.480 e. The van der Waals surface area contributed by atoms with Crippen LogP contribution in [0.3, 0.4) is 0 Å². The molecule has 0 bridgehead atoms. The smallest absolute Gasteiger partial charge is 0.320 e. The van der Waals surface area contributed by atoms with Gasteiger partial charge in [0.15, 0.2) is 0 Å². The van der Waals surface area contributed by atoms with Gasteiger partial charge in [-0.3, -0.25) is 10.1 Å². The second-order valence-electron chi connectivity index (χ2n) is 6.07. The van der Waals surface area contributed by atoms with Gasteiger partial charge in [0.2, 0.25) is 0 Å². The Morgan fingerprint density at radius 2 is 2.06 bits per heavy atom. The summed E-state index contributed by atoms with van der Waals surface area (Å²) < 4.78 is 5.95. The Hall–Kier alpha value is -0.610. The van der Waals surface area contributed by atoms with Crippen LogP contribution in [-0.4, -0.2) is 34.4 Å². The summed E-state index contributed by atoms with van der Waals surface area (Å²) in [5.41, 5.74) is -0.499. The standard InChI is InChI=1S/C13H25NO3/c1-6-7-9(11(15)16)14-10-8-12(2,3)17-13(10,4)5/h9-10,14H,6-8H2,1-5H3,(H,15,16). The minimum absolute atomic E-state index is 0.0881. The number of aliphatic carboxylic acids is 1. The lowest BCUT2D eigenvalue weighted by molar-refractivity contribution is -0.140. The Labute approximate surface area is 104 Å². The maximum Gasteiger partial charge on any atom is 0.320 e. The van der Waals surface area contributed by atoms with E-state index in [2.05, 4.69) is 5.32 Å². The summed E-state index contributed by atoms with van der Waals surface area (Å²) in [4.78, 5) is 11.1. The van der Waals surface area contributed by atoms with Gasteiger partial charge in [-0.15, -0.1) is 0 Å². The lowest BCUT2D eigenvalue weighted by Crippen LogP contribution is -2.50. The van der Waals surface area contributed by atoms with Crippen molar-refractivity contribution in [1.82, 2.24) is 5.32 Å². The van der Waals surface area contributed by atoms with Crippen LogP contribution in [0.25, 0.3) is 0 Å². The topological polar surface area (TPSA) is 58.6 Å². The van der Waals surface area contributed by atoms with Gasteiger partial charge in [0.1, 0.15) is 6.04 Å². The summed E-state index contributed by atoms with van der Waals surface area (Å²) in [6.07, 6.45) is 2.36. The van der Waals surface area contributed by atoms with E-state index in [0.29, 0.717) is 6.42 Å². The summed E-state index contributed by atoms with van der Waals surface area (Å²) in [7, 11) is 0. The molecule has 17 heavy (non-hydrogen) atoms. The molecule has 1 aliphatic rings. The third-order valence-corrected chi connectivity index (χ3v) is 3.35. The summed E-state index contributed by atoms with van der Waals surface area (Å²) in [6, 6.07) is -0.382. The average Bonchev–Trinajstić information content (AvgIpc) is 2.33. The van der Waals surface area contributed by atoms with Crippen LogP contribution >= 0.6 is 0 Å². The Morgan fingerprint density at radius 3 is 2.41 bits per heavy atom. The number of rotatable bonds is 5. The lowest BCUT2D eigenvalue weighted by Gasteiger charge is -2.29. The van der Waals surface area contributed by atoms with Crippen molar-refractivity contribution >= 4 is 5.97 Å². The maximum atomic E-state index is 11.1. The van der Waals surface area contributed by atoms with E-state index in [-0.39, 0.29) is 17.2 Å². The predicted octanol–water partition coefficient (Wildman–Crippen LogP) is 2.18. The molecule has 2 unspecified atom stereocenters. The largest absolute Gasteiger partial charge is 0.480 e. The van der Waals surface area contributed by atoms with Gasteiger partial charge in [0.25, 0.3) is 0 Å². The number of hydrogen-bond acceptors (Lipinski definition) is 3. The van der Waals surface area contributed by atoms with Crippen molar-refractivity contribution in [2.24, 2.45) is 0 Å². The van der Waals surface area contributed by atoms with Crippen molar-refractivity contribution in [2.45, 2.75) is 77.2 Å². The van der Waals surface area contributed by atoms with E-state index in [9.17, 15) is 4.79 Å². The molecule has 1 rings (SSSR count). The number of hydrogen-bond donors (Lipinski definition) is 2. The van der Waals surface area contributed by atoms with Gasteiger partial charge in [-0.2, -0.15) is 0 Å². The van der Waals surface area contributed by atoms with Crippen LogP contribution in [0.5, 0.6) is 0 Å². The highest BCUT2D eigenvalue weighted by molar-refractivity contribution is 5.73. The average molecular weight is 243 g/mol. The fraction of sp³-hybridized carbons (Fsp3) is 0.923. The number of nitrogens with one attached hydrogen (secondary N) is 1. The molecule has 0 aromatic rings. The van der Waals surface area contributed by atoms with Gasteiger partial charge in [-0.05, 0) is 40.5 Å². The molecule has 0 spiro atoms. The van der Waals surface area contributed by atoms with Crippen LogP contribution in [0.1, 0.15) is 53.9 Å². The SMILES string of the molecule is CCCC(NC1CC(C)(C)OC1(C)C)C(=O)O. The van der Waals surface area contributed by atoms with Crippen LogP contribution in [0, 0.1) is 0 Å². The van der Waals surface area contributed by atoms with Gasteiger partial charge >= 0.3 is 5.97 Å². The number of carbonyl (C=O) groups is 1. The highest BCUT2D eigenvalue weighted by Gasteiger charge is 2.46. The summed E-state index contributed by atoms with van der Waals surface area (Å²) in [5, 5.41) is 12.4. The number of carboxylic acids is 1. The fourth-order valence-electron chi connectivity index (χ4n) is 2.63. The molecule has 0 aliphatic carbocycles. The van der Waals surface area contributed by atoms with Crippen LogP contribution in [0.4, 0.5) is 0 Å². The first-order chi connectivity index (χ1) is 7.68. The normalized spacial score (nSPS) is 27.9. The molecule has 0 radical (unpaired) electrons. The van der Waals surface area contributed by atoms with Crippen molar-refractivity contribution < 1.29 is 14.6 Å². The molecule has 4 heteroatoms. The zero-order chi connectivity index (χ0) is 13.3. The van der Waals surface area contributed by atoms with Crippen LogP contribution in [-0.2, 0) is 9.53 Å². The van der Waals surface area contributed by atoms with E-state index in [1.54, 1.807) is 0 Å². The first-order valence-corrected chi connectivity index (χ1v) is 6.37. The molecular weight excluding hydrogens is 218 g/mol. The van der Waals surface area contributed by atoms with E-state index in [0.717, 1.165) is 12.8 Å². The monoisotopic (exact) mass is 243 g/mol. The van der Waals surface area contributed by atoms with Gasteiger partial charge in [0, 0.05) is 6.04 Å². The Bertz CT molecular complexity index is 286. The van der Waals surface area contributed by atoms with E-state index in [4.69, 9.17) is 9.84 Å². The van der Waals surface area contributed by atoms with Crippen LogP contribution < -0.4 is 5.32 Å². The van der Waals surface area contributed by atoms with E-state index in [1.807, 2.05) is 34.6 Å². The van der Waals surface area contributed by atoms with Gasteiger partial charge < -0.3 is 9.84 Å². The van der Waals surface area contributed by atoms with E-state index >= 15 is 0 Å². The van der Waals surface area contributed by atoms with Crippen LogP contribution in [0.2, 0.25) is 0 Å². The predicted molar refractivity (Wildman–Crippen MR) is 67.1 cm³/mol. The number of ether oxygens (including phenoxy) is 1. The molecule has 0 aromatic carbocycles. The first kappa shape index (κ1) is 14.5. The third kappa shape index (κ3) is 3.68. The molecule has 1 saturated heterocycles. The molecule has 0 aromatic heterocycles. The highest BCUT2D eigenvalue weighted by atomic mass is 16.5. The van der Waals surface area contributed by atoms with E-state index < -0.39 is 12.0 Å². The summed E-state index contributed by atoms with van der Waals surface area (Å²) >= 11 is 0. The zero-order valence-electron chi connectivity index (χ0n) is 11.5. The van der Waals surface area contributed by atoms with E-state index in [1.165, 1.54) is 0 Å². The molecule has 1 fully saturated rings. The number of carboxylic acid groups (broad SMARTS) is 1. The Morgan fingerprint density at radius 1 is 1.47 bits per heavy atom. The Kier molecular flexibility index (Phi) is 4.20. The quantitative estimate of drug-likeness (QED) is 0.777. The fourth-order valence-corrected chi connectivity index (χ4v) is 2.63. The lowest BCUT2D eigenvalue weighted by atomic mass is 9.93. The van der Waals surface area contributed by atoms with Crippen molar-refractivity contribution in [1.29, 1.82) is 0 Å². The van der Waals surface area contributed by atoms with Gasteiger partial charge in [0.05, 0.1) is 11.2 Å². The molecule has 4 nitrogen and oxygen atoms in total. The molecule has 100 valence electrons. The summed E-state index contributed by atoms with van der Waals surface area (Å²) in [6.45, 7) is 10.1. The Balaban J connectivity index is 2.70. The van der Waals surface area contributed by atoms with Crippen molar-refractivity contribution in [3.63, 3.8) is 0 Å². The minimum atomic E-state index is -0.771. The first-order valence-electron chi connectivity index (χ1n) is 6.37. The second kappa shape index (κ2) is 4.94. The molecule has 1 aliphatic heterocycles. The van der Waals surface area contributed by atoms with Crippen molar-refractivity contribution in [2.75, 3.05) is 0 Å². The van der Waals surface area contributed by atoms with Crippen molar-refractivity contribution in [3.05, 3.63) is 0 Å². The highest BCUT2D eigenvalue weighted by Crippen LogP contribution is 2.37. The molecule has 2 atom stereocenters. The maximum absolute atomic E-state index is 11.1. The summed E-state index contributed by atoms with van der Waals surface area (Å²) in [5.74, 6) is -0.771. The molecule has 0 amide bonds. The third-order valence-electron chi connectivity index (χ3n) is 3.35. The van der Waals surface area contributed by atoms with Crippen LogP contribution in [0.15, 0.2) is 0 Å². The molecule has 2 N–H and O–H groups in total. The van der Waals surface area contributed by atoms with Gasteiger partial charge in [-0.25, -0.2) is 0 Å².